The van der Waals surface area contributed by atoms with E-state index in [0.717, 1.165) is 5.56 Å². The van der Waals surface area contributed by atoms with Gasteiger partial charge in [0.2, 0.25) is 0 Å². The summed E-state index contributed by atoms with van der Waals surface area (Å²) in [5.74, 6) is 1.29. The summed E-state index contributed by atoms with van der Waals surface area (Å²) >= 11 is 12.1. The molecule has 1 N–H and O–H groups in total. The van der Waals surface area contributed by atoms with Crippen LogP contribution in [-0.2, 0) is 10.2 Å². The van der Waals surface area contributed by atoms with Crippen LogP contribution in [0.1, 0.15) is 32.1 Å². The van der Waals surface area contributed by atoms with Gasteiger partial charge in [-0.2, -0.15) is 5.10 Å². The number of hydrogen-bond acceptors (Lipinski definition) is 4. The van der Waals surface area contributed by atoms with Crippen LogP contribution in [0.5, 0.6) is 5.75 Å². The quantitative estimate of drug-likeness (QED) is 0.370. The Morgan fingerprint density at radius 3 is 2.50 bits per heavy atom. The van der Waals surface area contributed by atoms with Gasteiger partial charge in [-0.1, -0.05) is 56.1 Å². The van der Waals surface area contributed by atoms with Crippen LogP contribution in [0, 0.1) is 0 Å². The van der Waals surface area contributed by atoms with E-state index < -0.39 is 0 Å². The minimum absolute atomic E-state index is 0.0647. The minimum atomic E-state index is -0.376. The summed E-state index contributed by atoms with van der Waals surface area (Å²) in [5.41, 5.74) is 4.39. The number of benzene rings is 2. The van der Waals surface area contributed by atoms with Gasteiger partial charge in [0.15, 0.2) is 6.61 Å². The number of hydrazone groups is 1. The van der Waals surface area contributed by atoms with Gasteiger partial charge in [-0.3, -0.25) is 4.79 Å². The smallest absolute Gasteiger partial charge is 0.277 e. The third-order valence-electron chi connectivity index (χ3n) is 4.29. The lowest BCUT2D eigenvalue weighted by Crippen LogP contribution is -2.24. The van der Waals surface area contributed by atoms with Crippen LogP contribution in [-0.4, -0.2) is 18.7 Å². The average Bonchev–Trinajstić information content (AvgIpc) is 3.14. The van der Waals surface area contributed by atoms with E-state index in [4.69, 9.17) is 32.4 Å². The van der Waals surface area contributed by atoms with Gasteiger partial charge in [0.25, 0.3) is 5.91 Å². The fraction of sp³-hybridized carbons (Fsp3) is 0.217. The molecule has 0 bridgehead atoms. The molecule has 1 aromatic heterocycles. The Morgan fingerprint density at radius 2 is 1.83 bits per heavy atom. The first-order valence-corrected chi connectivity index (χ1v) is 10.1. The summed E-state index contributed by atoms with van der Waals surface area (Å²) in [4.78, 5) is 11.9. The molecule has 5 nitrogen and oxygen atoms in total. The molecule has 0 fully saturated rings. The van der Waals surface area contributed by atoms with Gasteiger partial charge >= 0.3 is 0 Å². The molecule has 0 aliphatic rings. The topological polar surface area (TPSA) is 63.8 Å². The van der Waals surface area contributed by atoms with Crippen molar-refractivity contribution in [3.05, 3.63) is 76.0 Å². The Balaban J connectivity index is 1.51. The standard InChI is InChI=1S/C23H22Cl2N2O3/c1-23(2,3)15-4-7-17(8-5-15)29-14-22(28)27-26-13-18-9-11-21(30-18)19-10-6-16(24)12-20(19)25/h4-13H,14H2,1-3H3,(H,27,28)/b26-13-. The second-order valence-corrected chi connectivity index (χ2v) is 8.53. The molecule has 0 aliphatic carbocycles. The van der Waals surface area contributed by atoms with Crippen LogP contribution < -0.4 is 10.2 Å². The van der Waals surface area contributed by atoms with Crippen molar-refractivity contribution in [2.45, 2.75) is 26.2 Å². The summed E-state index contributed by atoms with van der Waals surface area (Å²) in [6.07, 6.45) is 1.41. The van der Waals surface area contributed by atoms with Gasteiger partial charge in [-0.15, -0.1) is 0 Å². The third kappa shape index (κ3) is 5.88. The number of ether oxygens (including phenoxy) is 1. The SMILES string of the molecule is CC(C)(C)c1ccc(OCC(=O)N/N=C\c2ccc(-c3ccc(Cl)cc3Cl)o2)cc1. The zero-order valence-electron chi connectivity index (χ0n) is 16.9. The van der Waals surface area contributed by atoms with Crippen molar-refractivity contribution in [2.24, 2.45) is 5.10 Å². The van der Waals surface area contributed by atoms with Crippen molar-refractivity contribution in [1.82, 2.24) is 5.43 Å². The predicted octanol–water partition coefficient (Wildman–Crippen LogP) is 6.08. The van der Waals surface area contributed by atoms with E-state index in [1.807, 2.05) is 24.3 Å². The third-order valence-corrected chi connectivity index (χ3v) is 4.84. The molecule has 0 spiro atoms. The molecule has 3 aromatic rings. The molecule has 1 amide bonds. The number of hydrogen-bond donors (Lipinski definition) is 1. The molecule has 156 valence electrons. The maximum atomic E-state index is 11.9. The van der Waals surface area contributed by atoms with Crippen LogP contribution in [0.25, 0.3) is 11.3 Å². The molecule has 0 atom stereocenters. The first-order valence-electron chi connectivity index (χ1n) is 9.33. The van der Waals surface area contributed by atoms with E-state index in [-0.39, 0.29) is 17.9 Å². The molecule has 0 saturated carbocycles. The fourth-order valence-electron chi connectivity index (χ4n) is 2.66. The summed E-state index contributed by atoms with van der Waals surface area (Å²) < 4.78 is 11.2. The summed E-state index contributed by atoms with van der Waals surface area (Å²) in [6, 6.07) is 16.3. The Labute approximate surface area is 185 Å². The van der Waals surface area contributed by atoms with Gasteiger partial charge in [0, 0.05) is 10.6 Å². The normalized spacial score (nSPS) is 11.6. The highest BCUT2D eigenvalue weighted by Gasteiger charge is 2.13. The Kier molecular flexibility index (Phi) is 6.85. The first kappa shape index (κ1) is 21.9. The minimum Gasteiger partial charge on any atom is -0.484 e. The lowest BCUT2D eigenvalue weighted by atomic mass is 9.87. The summed E-state index contributed by atoms with van der Waals surface area (Å²) in [7, 11) is 0. The number of rotatable bonds is 6. The number of nitrogens with zero attached hydrogens (tertiary/aromatic N) is 1. The molecular formula is C23H22Cl2N2O3. The highest BCUT2D eigenvalue weighted by Crippen LogP contribution is 2.31. The molecule has 30 heavy (non-hydrogen) atoms. The first-order chi connectivity index (χ1) is 14.2. The van der Waals surface area contributed by atoms with Crippen LogP contribution in [0.15, 0.2) is 64.1 Å². The van der Waals surface area contributed by atoms with Gasteiger partial charge < -0.3 is 9.15 Å². The maximum absolute atomic E-state index is 11.9. The summed E-state index contributed by atoms with van der Waals surface area (Å²) in [6.45, 7) is 6.27. The van der Waals surface area contributed by atoms with Crippen LogP contribution >= 0.6 is 23.2 Å². The molecule has 7 heteroatoms. The largest absolute Gasteiger partial charge is 0.484 e. The zero-order chi connectivity index (χ0) is 21.7. The number of carbonyl (C=O) groups is 1. The van der Waals surface area contributed by atoms with E-state index in [9.17, 15) is 4.79 Å². The Bertz CT molecular complexity index is 1050. The maximum Gasteiger partial charge on any atom is 0.277 e. The van der Waals surface area contributed by atoms with Gasteiger partial charge in [-0.25, -0.2) is 5.43 Å². The van der Waals surface area contributed by atoms with Gasteiger partial charge in [-0.05, 0) is 53.4 Å². The van der Waals surface area contributed by atoms with E-state index in [0.29, 0.717) is 27.3 Å². The summed E-state index contributed by atoms with van der Waals surface area (Å²) in [5, 5.41) is 4.93. The highest BCUT2D eigenvalue weighted by molar-refractivity contribution is 6.36. The predicted molar refractivity (Wildman–Crippen MR) is 121 cm³/mol. The van der Waals surface area contributed by atoms with E-state index in [1.165, 1.54) is 11.8 Å². The molecule has 1 heterocycles. The zero-order valence-corrected chi connectivity index (χ0v) is 18.4. The van der Waals surface area contributed by atoms with E-state index in [1.54, 1.807) is 30.3 Å². The van der Waals surface area contributed by atoms with Crippen LogP contribution in [0.4, 0.5) is 0 Å². The lowest BCUT2D eigenvalue weighted by Gasteiger charge is -2.19. The molecule has 2 aromatic carbocycles. The number of furan rings is 1. The van der Waals surface area contributed by atoms with E-state index >= 15 is 0 Å². The molecule has 0 saturated heterocycles. The second kappa shape index (κ2) is 9.37. The lowest BCUT2D eigenvalue weighted by molar-refractivity contribution is -0.123. The molecule has 3 rings (SSSR count). The number of amides is 1. The average molecular weight is 445 g/mol. The molecule has 0 aliphatic heterocycles. The van der Waals surface area contributed by atoms with Crippen molar-refractivity contribution in [2.75, 3.05) is 6.61 Å². The fourth-order valence-corrected chi connectivity index (χ4v) is 3.16. The van der Waals surface area contributed by atoms with Crippen LogP contribution in [0.2, 0.25) is 10.0 Å². The Hall–Kier alpha value is -2.76. The Morgan fingerprint density at radius 1 is 1.10 bits per heavy atom. The van der Waals surface area contributed by atoms with Crippen molar-refractivity contribution in [3.63, 3.8) is 0 Å². The number of nitrogens with one attached hydrogen (secondary N) is 1. The van der Waals surface area contributed by atoms with Crippen molar-refractivity contribution in [3.8, 4) is 17.1 Å². The molecule has 0 radical (unpaired) electrons. The highest BCUT2D eigenvalue weighted by atomic mass is 35.5. The van der Waals surface area contributed by atoms with E-state index in [2.05, 4.69) is 31.3 Å². The van der Waals surface area contributed by atoms with Gasteiger partial charge in [0.05, 0.1) is 11.2 Å². The van der Waals surface area contributed by atoms with Gasteiger partial charge in [0.1, 0.15) is 17.3 Å². The van der Waals surface area contributed by atoms with Crippen molar-refractivity contribution in [1.29, 1.82) is 0 Å². The number of halogens is 2. The molecule has 0 unspecified atom stereocenters. The van der Waals surface area contributed by atoms with Crippen molar-refractivity contribution < 1.29 is 13.9 Å². The van der Waals surface area contributed by atoms with Crippen molar-refractivity contribution >= 4 is 35.3 Å². The molecular weight excluding hydrogens is 423 g/mol. The van der Waals surface area contributed by atoms with Crippen LogP contribution in [0.3, 0.4) is 0 Å². The number of carbonyl (C=O) groups excluding carboxylic acids is 1. The second-order valence-electron chi connectivity index (χ2n) is 7.68. The monoisotopic (exact) mass is 444 g/mol.